The van der Waals surface area contributed by atoms with Gasteiger partial charge in [-0.05, 0) is 18.2 Å². The van der Waals surface area contributed by atoms with E-state index >= 15 is 4.39 Å². The molecule has 2 fully saturated rings. The van der Waals surface area contributed by atoms with Gasteiger partial charge in [-0.3, -0.25) is 24.3 Å². The van der Waals surface area contributed by atoms with Crippen LogP contribution in [0.5, 0.6) is 0 Å². The minimum Gasteiger partial charge on any atom is -0.420 e. The Morgan fingerprint density at radius 2 is 2.07 bits per heavy atom. The van der Waals surface area contributed by atoms with Gasteiger partial charge in [0.15, 0.2) is 17.8 Å². The lowest BCUT2D eigenvalue weighted by molar-refractivity contribution is -0.426. The zero-order valence-electron chi connectivity index (χ0n) is 15.6. The molecule has 4 rings (SSSR count). The highest BCUT2D eigenvalue weighted by Gasteiger charge is 2.54. The Morgan fingerprint density at radius 1 is 1.30 bits per heavy atom. The van der Waals surface area contributed by atoms with E-state index in [1.54, 1.807) is 0 Å². The number of aliphatic hydroxyl groups excluding tert-OH is 1. The summed E-state index contributed by atoms with van der Waals surface area (Å²) in [6.07, 6.45) is 4.50. The Hall–Kier alpha value is -2.99. The van der Waals surface area contributed by atoms with E-state index in [1.807, 2.05) is 0 Å². The molecule has 1 aromatic heterocycles. The number of β-amino-alcohol motifs (C(OH)–C–C–N with tert-alkyl or cyclic N) is 1. The van der Waals surface area contributed by atoms with Crippen molar-refractivity contribution in [3.05, 3.63) is 53.8 Å². The SMILES string of the molecule is O=C(OC1=C(F)C2C(=O)N(C3CCON(CCO)O3)C(=O)C2C=C1)c1ccncc1. The van der Waals surface area contributed by atoms with E-state index in [4.69, 9.17) is 19.5 Å². The lowest BCUT2D eigenvalue weighted by atomic mass is 9.89. The molecule has 11 heteroatoms. The Kier molecular flexibility index (Phi) is 5.68. The van der Waals surface area contributed by atoms with Gasteiger partial charge in [0.25, 0.3) is 0 Å². The summed E-state index contributed by atoms with van der Waals surface area (Å²) in [6.45, 7) is -0.0883. The predicted molar refractivity (Wildman–Crippen MR) is 95.0 cm³/mol. The van der Waals surface area contributed by atoms with Crippen molar-refractivity contribution >= 4 is 17.8 Å². The number of esters is 1. The van der Waals surface area contributed by atoms with Crippen LogP contribution in [-0.2, 0) is 24.0 Å². The zero-order chi connectivity index (χ0) is 21.3. The van der Waals surface area contributed by atoms with E-state index in [2.05, 4.69) is 4.98 Å². The average molecular weight is 419 g/mol. The fourth-order valence-electron chi connectivity index (χ4n) is 3.46. The number of allylic oxidation sites excluding steroid dienone is 1. The standard InChI is InChI=1S/C19H18FN3O7/c20-16-13(29-19(27)11-3-6-21-7-4-11)2-1-12-15(16)18(26)23(17(12)25)14-5-10-28-22(30-14)8-9-24/h1-4,6-7,12,14-15,24H,5,8-10H2. The number of hydroxylamine groups is 2. The Labute approximate surface area is 170 Å². The number of likely N-dealkylation sites (tertiary alicyclic amines) is 1. The van der Waals surface area contributed by atoms with E-state index in [1.165, 1.54) is 36.7 Å². The van der Waals surface area contributed by atoms with E-state index in [9.17, 15) is 14.4 Å². The number of rotatable bonds is 5. The number of hydrogen-bond acceptors (Lipinski definition) is 9. The highest BCUT2D eigenvalue weighted by molar-refractivity contribution is 6.07. The molecular formula is C19H18FN3O7. The molecule has 30 heavy (non-hydrogen) atoms. The fraction of sp³-hybridized carbons (Fsp3) is 0.368. The molecule has 1 aliphatic carbocycles. The smallest absolute Gasteiger partial charge is 0.343 e. The topological polar surface area (TPSA) is 119 Å². The normalized spacial score (nSPS) is 26.9. The van der Waals surface area contributed by atoms with Crippen molar-refractivity contribution in [1.82, 2.24) is 15.1 Å². The van der Waals surface area contributed by atoms with Crippen molar-refractivity contribution in [2.24, 2.45) is 11.8 Å². The van der Waals surface area contributed by atoms with Crippen LogP contribution >= 0.6 is 0 Å². The van der Waals surface area contributed by atoms with Crippen molar-refractivity contribution in [3.63, 3.8) is 0 Å². The first-order valence-corrected chi connectivity index (χ1v) is 9.26. The number of pyridine rings is 1. The molecule has 3 heterocycles. The van der Waals surface area contributed by atoms with Crippen LogP contribution in [0.4, 0.5) is 4.39 Å². The monoisotopic (exact) mass is 419 g/mol. The number of aromatic nitrogens is 1. The van der Waals surface area contributed by atoms with E-state index in [-0.39, 0.29) is 31.7 Å². The van der Waals surface area contributed by atoms with Crippen LogP contribution in [0, 0.1) is 11.8 Å². The van der Waals surface area contributed by atoms with Crippen LogP contribution in [0.1, 0.15) is 16.8 Å². The van der Waals surface area contributed by atoms with Gasteiger partial charge in [-0.15, -0.1) is 0 Å². The summed E-state index contributed by atoms with van der Waals surface area (Å²) in [6, 6.07) is 2.81. The van der Waals surface area contributed by atoms with E-state index in [0.717, 1.165) is 10.1 Å². The van der Waals surface area contributed by atoms with Gasteiger partial charge in [-0.25, -0.2) is 14.0 Å². The molecular weight excluding hydrogens is 401 g/mol. The van der Waals surface area contributed by atoms with Crippen molar-refractivity contribution in [2.75, 3.05) is 19.8 Å². The number of nitrogens with zero attached hydrogens (tertiary/aromatic N) is 3. The average Bonchev–Trinajstić information content (AvgIpc) is 3.01. The van der Waals surface area contributed by atoms with E-state index in [0.29, 0.717) is 0 Å². The number of amides is 2. The summed E-state index contributed by atoms with van der Waals surface area (Å²) in [7, 11) is 0. The van der Waals surface area contributed by atoms with Crippen LogP contribution < -0.4 is 0 Å². The second kappa shape index (κ2) is 8.40. The number of fused-ring (bicyclic) bond motifs is 1. The maximum absolute atomic E-state index is 15.1. The van der Waals surface area contributed by atoms with Gasteiger partial charge in [0.05, 0.1) is 31.2 Å². The molecule has 0 spiro atoms. The maximum atomic E-state index is 15.1. The molecule has 3 unspecified atom stereocenters. The third-order valence-electron chi connectivity index (χ3n) is 4.88. The predicted octanol–water partition coefficient (Wildman–Crippen LogP) is 0.478. The Bertz CT molecular complexity index is 918. The third-order valence-corrected chi connectivity index (χ3v) is 4.88. The van der Waals surface area contributed by atoms with Gasteiger partial charge in [0, 0.05) is 18.8 Å². The van der Waals surface area contributed by atoms with Gasteiger partial charge in [-0.1, -0.05) is 11.3 Å². The molecule has 1 N–H and O–H groups in total. The molecule has 10 nitrogen and oxygen atoms in total. The van der Waals surface area contributed by atoms with Gasteiger partial charge in [0.2, 0.25) is 11.8 Å². The van der Waals surface area contributed by atoms with Crippen molar-refractivity contribution in [3.8, 4) is 0 Å². The molecule has 158 valence electrons. The van der Waals surface area contributed by atoms with Crippen molar-refractivity contribution in [1.29, 1.82) is 0 Å². The lowest BCUT2D eigenvalue weighted by Gasteiger charge is -2.34. The van der Waals surface area contributed by atoms with Crippen LogP contribution in [0.15, 0.2) is 48.3 Å². The number of carbonyl (C=O) groups is 3. The van der Waals surface area contributed by atoms with Gasteiger partial charge >= 0.3 is 5.97 Å². The van der Waals surface area contributed by atoms with Crippen LogP contribution in [-0.4, -0.2) is 64.0 Å². The van der Waals surface area contributed by atoms with Gasteiger partial charge in [-0.2, -0.15) is 0 Å². The van der Waals surface area contributed by atoms with E-state index < -0.39 is 47.4 Å². The highest BCUT2D eigenvalue weighted by Crippen LogP contribution is 2.40. The molecule has 2 saturated heterocycles. The molecule has 0 saturated carbocycles. The molecule has 2 aliphatic heterocycles. The largest absolute Gasteiger partial charge is 0.420 e. The maximum Gasteiger partial charge on any atom is 0.343 e. The Morgan fingerprint density at radius 3 is 2.80 bits per heavy atom. The summed E-state index contributed by atoms with van der Waals surface area (Å²) >= 11 is 0. The number of aliphatic hydroxyl groups is 1. The first kappa shape index (κ1) is 20.3. The second-order valence-corrected chi connectivity index (χ2v) is 6.71. The summed E-state index contributed by atoms with van der Waals surface area (Å²) < 4.78 is 20.2. The molecule has 3 atom stereocenters. The van der Waals surface area contributed by atoms with Crippen LogP contribution in [0.3, 0.4) is 0 Å². The summed E-state index contributed by atoms with van der Waals surface area (Å²) in [5.41, 5.74) is 0.163. The number of imide groups is 1. The van der Waals surface area contributed by atoms with Crippen molar-refractivity contribution in [2.45, 2.75) is 12.6 Å². The molecule has 0 aromatic carbocycles. The second-order valence-electron chi connectivity index (χ2n) is 6.71. The molecule has 2 amide bonds. The number of hydrogen-bond donors (Lipinski definition) is 1. The Balaban J connectivity index is 1.53. The molecule has 0 radical (unpaired) electrons. The molecule has 1 aromatic rings. The van der Waals surface area contributed by atoms with Crippen LogP contribution in [0.25, 0.3) is 0 Å². The quantitative estimate of drug-likeness (QED) is 0.537. The van der Waals surface area contributed by atoms with Gasteiger partial charge in [0.1, 0.15) is 5.92 Å². The summed E-state index contributed by atoms with van der Waals surface area (Å²) in [4.78, 5) is 53.1. The minimum atomic E-state index is -1.43. The van der Waals surface area contributed by atoms with Crippen LogP contribution in [0.2, 0.25) is 0 Å². The summed E-state index contributed by atoms with van der Waals surface area (Å²) in [5.74, 6) is -6.13. The highest BCUT2D eigenvalue weighted by atomic mass is 19.1. The van der Waals surface area contributed by atoms with Crippen molar-refractivity contribution < 1.29 is 38.3 Å². The number of ether oxygens (including phenoxy) is 1. The molecule has 3 aliphatic rings. The number of halogens is 1. The summed E-state index contributed by atoms with van der Waals surface area (Å²) in [5, 5.41) is 9.99. The minimum absolute atomic E-state index is 0.0167. The first-order chi connectivity index (χ1) is 14.5. The zero-order valence-corrected chi connectivity index (χ0v) is 15.6. The first-order valence-electron chi connectivity index (χ1n) is 9.26. The third kappa shape index (κ3) is 3.63. The fourth-order valence-corrected chi connectivity index (χ4v) is 3.46. The molecule has 0 bridgehead atoms. The lowest BCUT2D eigenvalue weighted by Crippen LogP contribution is -2.50. The van der Waals surface area contributed by atoms with Gasteiger partial charge < -0.3 is 9.84 Å². The number of carbonyl (C=O) groups excluding carboxylic acids is 3.